The van der Waals surface area contributed by atoms with E-state index < -0.39 is 17.7 Å². The first-order chi connectivity index (χ1) is 14.8. The van der Waals surface area contributed by atoms with E-state index >= 15 is 0 Å². The molecule has 0 bridgehead atoms. The van der Waals surface area contributed by atoms with Crippen LogP contribution in [-0.2, 0) is 14.3 Å². The molecule has 1 N–H and O–H groups in total. The summed E-state index contributed by atoms with van der Waals surface area (Å²) in [4.78, 5) is 27.1. The number of aliphatic hydroxyl groups excluding tert-OH is 1. The number of benzene rings is 1. The normalized spacial score (nSPS) is 18.2. The van der Waals surface area contributed by atoms with Gasteiger partial charge in [0, 0.05) is 18.7 Å². The van der Waals surface area contributed by atoms with Gasteiger partial charge in [-0.2, -0.15) is 0 Å². The predicted octanol–water partition coefficient (Wildman–Crippen LogP) is 4.57. The molecule has 1 aliphatic heterocycles. The number of hydrogen-bond acceptors (Lipinski definition) is 6. The Labute approximate surface area is 186 Å². The minimum Gasteiger partial charge on any atom is -0.507 e. The van der Waals surface area contributed by atoms with Crippen LogP contribution in [0.4, 0.5) is 0 Å². The van der Waals surface area contributed by atoms with E-state index in [4.69, 9.17) is 25.5 Å². The van der Waals surface area contributed by atoms with Crippen LogP contribution in [0.25, 0.3) is 5.76 Å². The summed E-state index contributed by atoms with van der Waals surface area (Å²) in [6, 6.07) is 7.21. The van der Waals surface area contributed by atoms with Crippen molar-refractivity contribution in [1.82, 2.24) is 4.90 Å². The van der Waals surface area contributed by atoms with Crippen molar-refractivity contribution in [3.8, 4) is 5.75 Å². The maximum absolute atomic E-state index is 12.9. The molecule has 0 aliphatic carbocycles. The molecule has 1 amide bonds. The molecular weight excluding hydrogens is 422 g/mol. The second-order valence-electron chi connectivity index (χ2n) is 7.36. The quantitative estimate of drug-likeness (QED) is 0.262. The fourth-order valence-corrected chi connectivity index (χ4v) is 3.65. The number of furan rings is 1. The Balaban J connectivity index is 2.00. The summed E-state index contributed by atoms with van der Waals surface area (Å²) in [7, 11) is 0. The lowest BCUT2D eigenvalue weighted by Gasteiger charge is -2.23. The molecule has 0 saturated carbocycles. The number of carbonyl (C=O) groups excluding carboxylic acids is 2. The molecule has 8 heteroatoms. The molecule has 166 valence electrons. The molecule has 31 heavy (non-hydrogen) atoms. The third-order valence-electron chi connectivity index (χ3n) is 4.85. The first kappa shape index (κ1) is 22.9. The van der Waals surface area contributed by atoms with Gasteiger partial charge in [-0.1, -0.05) is 11.6 Å². The van der Waals surface area contributed by atoms with Crippen molar-refractivity contribution in [2.24, 2.45) is 0 Å². The van der Waals surface area contributed by atoms with Gasteiger partial charge in [-0.15, -0.1) is 0 Å². The van der Waals surface area contributed by atoms with Gasteiger partial charge in [0.1, 0.15) is 23.3 Å². The number of hydrogen-bond donors (Lipinski definition) is 1. The van der Waals surface area contributed by atoms with Gasteiger partial charge >= 0.3 is 0 Å². The summed E-state index contributed by atoms with van der Waals surface area (Å²) in [5.41, 5.74) is 0.292. The van der Waals surface area contributed by atoms with E-state index in [1.165, 1.54) is 11.2 Å². The molecule has 2 heterocycles. The van der Waals surface area contributed by atoms with E-state index in [1.807, 2.05) is 20.8 Å². The largest absolute Gasteiger partial charge is 0.507 e. The monoisotopic (exact) mass is 447 g/mol. The van der Waals surface area contributed by atoms with Crippen molar-refractivity contribution in [2.75, 3.05) is 19.8 Å². The fraction of sp³-hybridized carbons (Fsp3) is 0.391. The Hall–Kier alpha value is -2.77. The third kappa shape index (κ3) is 4.94. The molecule has 1 atom stereocenters. The zero-order valence-corrected chi connectivity index (χ0v) is 18.5. The summed E-state index contributed by atoms with van der Waals surface area (Å²) >= 11 is 6.14. The maximum Gasteiger partial charge on any atom is 0.295 e. The molecule has 1 unspecified atom stereocenters. The number of halogens is 1. The number of amides is 1. The highest BCUT2D eigenvalue weighted by Gasteiger charge is 2.47. The predicted molar refractivity (Wildman–Crippen MR) is 116 cm³/mol. The highest BCUT2D eigenvalue weighted by molar-refractivity contribution is 6.46. The maximum atomic E-state index is 12.9. The van der Waals surface area contributed by atoms with E-state index in [9.17, 15) is 14.7 Å². The van der Waals surface area contributed by atoms with Crippen LogP contribution in [0.5, 0.6) is 5.75 Å². The van der Waals surface area contributed by atoms with Crippen molar-refractivity contribution in [3.63, 3.8) is 0 Å². The van der Waals surface area contributed by atoms with Crippen LogP contribution in [0.1, 0.15) is 44.6 Å². The SMILES string of the molecule is CCOc1cc(/C(O)=C2/C(=O)C(=O)N(CCCOC(C)C)C2c2ccco2)ccc1Cl. The van der Waals surface area contributed by atoms with Crippen LogP contribution in [0, 0.1) is 0 Å². The van der Waals surface area contributed by atoms with Gasteiger partial charge in [0.05, 0.1) is 29.6 Å². The van der Waals surface area contributed by atoms with E-state index in [-0.39, 0.29) is 24.0 Å². The zero-order valence-electron chi connectivity index (χ0n) is 17.8. The van der Waals surface area contributed by atoms with E-state index in [2.05, 4.69) is 0 Å². The van der Waals surface area contributed by atoms with E-state index in [1.54, 1.807) is 30.3 Å². The van der Waals surface area contributed by atoms with Crippen LogP contribution < -0.4 is 4.74 Å². The smallest absolute Gasteiger partial charge is 0.295 e. The Kier molecular flexibility index (Phi) is 7.41. The van der Waals surface area contributed by atoms with Crippen LogP contribution in [0.3, 0.4) is 0 Å². The molecule has 0 radical (unpaired) electrons. The molecule has 0 spiro atoms. The summed E-state index contributed by atoms with van der Waals surface area (Å²) in [5.74, 6) is -0.992. The van der Waals surface area contributed by atoms with Gasteiger partial charge in [0.25, 0.3) is 11.7 Å². The lowest BCUT2D eigenvalue weighted by molar-refractivity contribution is -0.140. The zero-order chi connectivity index (χ0) is 22.5. The Bertz CT molecular complexity index is 966. The fourth-order valence-electron chi connectivity index (χ4n) is 3.48. The Morgan fingerprint density at radius 2 is 2.06 bits per heavy atom. The van der Waals surface area contributed by atoms with E-state index in [0.29, 0.717) is 41.7 Å². The number of nitrogens with zero attached hydrogens (tertiary/aromatic N) is 1. The molecule has 7 nitrogen and oxygen atoms in total. The summed E-state index contributed by atoms with van der Waals surface area (Å²) in [6.07, 6.45) is 2.07. The van der Waals surface area contributed by atoms with Crippen LogP contribution in [0.2, 0.25) is 5.02 Å². The first-order valence-electron chi connectivity index (χ1n) is 10.2. The lowest BCUT2D eigenvalue weighted by atomic mass is 9.99. The topological polar surface area (TPSA) is 89.2 Å². The second-order valence-corrected chi connectivity index (χ2v) is 7.77. The number of rotatable bonds is 9. The van der Waals surface area contributed by atoms with Crippen molar-refractivity contribution >= 4 is 29.1 Å². The van der Waals surface area contributed by atoms with E-state index in [0.717, 1.165) is 0 Å². The van der Waals surface area contributed by atoms with Gasteiger partial charge in [-0.3, -0.25) is 9.59 Å². The standard InChI is InChI=1S/C23H26ClNO6/c1-4-29-18-13-15(8-9-16(18)24)21(26)19-20(17-7-5-11-31-17)25(23(28)22(19)27)10-6-12-30-14(2)3/h5,7-9,11,13-14,20,26H,4,6,10,12H2,1-3H3/b21-19-. The summed E-state index contributed by atoms with van der Waals surface area (Å²) in [6.45, 7) is 6.79. The van der Waals surface area contributed by atoms with Gasteiger partial charge < -0.3 is 23.9 Å². The van der Waals surface area contributed by atoms with Crippen LogP contribution >= 0.6 is 11.6 Å². The molecule has 1 aromatic carbocycles. The average molecular weight is 448 g/mol. The van der Waals surface area contributed by atoms with Crippen molar-refractivity contribution in [2.45, 2.75) is 39.3 Å². The van der Waals surface area contributed by atoms with Crippen molar-refractivity contribution < 1.29 is 28.6 Å². The van der Waals surface area contributed by atoms with Gasteiger partial charge in [0.15, 0.2) is 0 Å². The number of Topliss-reactive ketones (excluding diaryl/α,β-unsaturated/α-hetero) is 1. The molecule has 3 rings (SSSR count). The highest BCUT2D eigenvalue weighted by Crippen LogP contribution is 2.40. The molecule has 1 saturated heterocycles. The molecule has 1 aliphatic rings. The molecule has 2 aromatic rings. The Morgan fingerprint density at radius 3 is 2.71 bits per heavy atom. The van der Waals surface area contributed by atoms with Gasteiger partial charge in [-0.25, -0.2) is 0 Å². The highest BCUT2D eigenvalue weighted by atomic mass is 35.5. The minimum atomic E-state index is -0.833. The van der Waals surface area contributed by atoms with Gasteiger partial charge in [0.2, 0.25) is 0 Å². The lowest BCUT2D eigenvalue weighted by Crippen LogP contribution is -2.31. The number of ether oxygens (including phenoxy) is 2. The Morgan fingerprint density at radius 1 is 1.29 bits per heavy atom. The third-order valence-corrected chi connectivity index (χ3v) is 5.16. The first-order valence-corrected chi connectivity index (χ1v) is 10.6. The number of likely N-dealkylation sites (tertiary alicyclic amines) is 1. The number of ketones is 1. The number of aliphatic hydroxyl groups is 1. The number of carbonyl (C=O) groups is 2. The molecule has 1 fully saturated rings. The second kappa shape index (κ2) is 10.0. The summed E-state index contributed by atoms with van der Waals surface area (Å²) < 4.78 is 16.5. The molecular formula is C23H26ClNO6. The molecule has 1 aromatic heterocycles. The minimum absolute atomic E-state index is 0.0329. The van der Waals surface area contributed by atoms with Crippen LogP contribution in [0.15, 0.2) is 46.6 Å². The summed E-state index contributed by atoms with van der Waals surface area (Å²) in [5, 5.41) is 11.4. The average Bonchev–Trinajstić information content (AvgIpc) is 3.34. The van der Waals surface area contributed by atoms with Crippen molar-refractivity contribution in [3.05, 3.63) is 58.5 Å². The van der Waals surface area contributed by atoms with Crippen molar-refractivity contribution in [1.29, 1.82) is 0 Å². The van der Waals surface area contributed by atoms with Crippen LogP contribution in [-0.4, -0.2) is 47.6 Å². The van der Waals surface area contributed by atoms with Gasteiger partial charge in [-0.05, 0) is 57.5 Å².